The molecular formula is C23H20N2O3S2. The van der Waals surface area contributed by atoms with Crippen molar-refractivity contribution in [3.05, 3.63) is 95.5 Å². The van der Waals surface area contributed by atoms with Gasteiger partial charge in [0.2, 0.25) is 10.0 Å². The fourth-order valence-electron chi connectivity index (χ4n) is 2.91. The fraction of sp³-hybridized carbons (Fsp3) is 0.0870. The molecule has 0 spiro atoms. The van der Waals surface area contributed by atoms with Crippen LogP contribution in [0.3, 0.4) is 0 Å². The van der Waals surface area contributed by atoms with Gasteiger partial charge >= 0.3 is 0 Å². The van der Waals surface area contributed by atoms with Gasteiger partial charge in [0.15, 0.2) is 0 Å². The summed E-state index contributed by atoms with van der Waals surface area (Å²) < 4.78 is 33.8. The monoisotopic (exact) mass is 436 g/mol. The van der Waals surface area contributed by atoms with Crippen molar-refractivity contribution in [2.45, 2.75) is 18.4 Å². The van der Waals surface area contributed by atoms with Crippen LogP contribution in [0.25, 0.3) is 10.6 Å². The SMILES string of the molecule is Cc1cccc(Oc2ccc(S(=O)(=O)NCc3ccnc(-c4cccs4)c3)cc2)c1. The first-order valence-electron chi connectivity index (χ1n) is 9.33. The third kappa shape index (κ3) is 4.94. The molecule has 0 fully saturated rings. The number of thiophene rings is 1. The van der Waals surface area contributed by atoms with Gasteiger partial charge in [-0.1, -0.05) is 18.2 Å². The number of hydrogen-bond donors (Lipinski definition) is 1. The maximum Gasteiger partial charge on any atom is 0.240 e. The van der Waals surface area contributed by atoms with Gasteiger partial charge in [-0.3, -0.25) is 4.98 Å². The van der Waals surface area contributed by atoms with E-state index in [0.717, 1.165) is 21.7 Å². The minimum Gasteiger partial charge on any atom is -0.457 e. The van der Waals surface area contributed by atoms with E-state index in [4.69, 9.17) is 4.74 Å². The van der Waals surface area contributed by atoms with Gasteiger partial charge in [-0.05, 0) is 78.0 Å². The lowest BCUT2D eigenvalue weighted by atomic mass is 10.2. The lowest BCUT2D eigenvalue weighted by Crippen LogP contribution is -2.23. The number of aryl methyl sites for hydroxylation is 1. The molecular weight excluding hydrogens is 416 g/mol. The molecule has 0 aliphatic rings. The highest BCUT2D eigenvalue weighted by atomic mass is 32.2. The van der Waals surface area contributed by atoms with E-state index in [1.807, 2.05) is 54.8 Å². The molecule has 1 N–H and O–H groups in total. The van der Waals surface area contributed by atoms with E-state index in [0.29, 0.717) is 11.5 Å². The largest absolute Gasteiger partial charge is 0.457 e. The molecule has 30 heavy (non-hydrogen) atoms. The smallest absolute Gasteiger partial charge is 0.240 e. The molecule has 0 atom stereocenters. The molecule has 7 heteroatoms. The summed E-state index contributed by atoms with van der Waals surface area (Å²) in [5.41, 5.74) is 2.77. The van der Waals surface area contributed by atoms with Crippen LogP contribution in [0.2, 0.25) is 0 Å². The molecule has 2 heterocycles. The third-order valence-electron chi connectivity index (χ3n) is 4.42. The Kier molecular flexibility index (Phi) is 5.94. The van der Waals surface area contributed by atoms with Gasteiger partial charge in [-0.25, -0.2) is 13.1 Å². The second-order valence-corrected chi connectivity index (χ2v) is 9.46. The van der Waals surface area contributed by atoms with Crippen LogP contribution in [0.1, 0.15) is 11.1 Å². The summed E-state index contributed by atoms with van der Waals surface area (Å²) in [6.07, 6.45) is 1.69. The number of ether oxygens (including phenoxy) is 1. The molecule has 0 aliphatic carbocycles. The number of nitrogens with zero attached hydrogens (tertiary/aromatic N) is 1. The standard InChI is InChI=1S/C23H20N2O3S2/c1-17-4-2-5-20(14-17)28-19-7-9-21(10-8-19)30(26,27)25-16-18-11-12-24-22(15-18)23-6-3-13-29-23/h2-15,25H,16H2,1H3. The van der Waals surface area contributed by atoms with Crippen LogP contribution < -0.4 is 9.46 Å². The average Bonchev–Trinajstić information content (AvgIpc) is 3.28. The maximum atomic E-state index is 12.7. The number of pyridine rings is 1. The molecule has 4 aromatic rings. The van der Waals surface area contributed by atoms with Crippen molar-refractivity contribution in [2.24, 2.45) is 0 Å². The molecule has 4 rings (SSSR count). The van der Waals surface area contributed by atoms with Crippen molar-refractivity contribution in [3.63, 3.8) is 0 Å². The van der Waals surface area contributed by atoms with E-state index in [-0.39, 0.29) is 11.4 Å². The normalized spacial score (nSPS) is 11.4. The first kappa shape index (κ1) is 20.3. The van der Waals surface area contributed by atoms with Crippen LogP contribution in [0.15, 0.2) is 89.3 Å². The maximum absolute atomic E-state index is 12.7. The zero-order chi connectivity index (χ0) is 21.0. The predicted molar refractivity (Wildman–Crippen MR) is 119 cm³/mol. The average molecular weight is 437 g/mol. The Bertz CT molecular complexity index is 1240. The molecule has 5 nitrogen and oxygen atoms in total. The number of nitrogens with one attached hydrogen (secondary N) is 1. The molecule has 152 valence electrons. The van der Waals surface area contributed by atoms with Gasteiger partial charge in [0.1, 0.15) is 11.5 Å². The van der Waals surface area contributed by atoms with E-state index < -0.39 is 10.0 Å². The van der Waals surface area contributed by atoms with Gasteiger partial charge in [0.05, 0.1) is 15.5 Å². The third-order valence-corrected chi connectivity index (χ3v) is 6.73. The van der Waals surface area contributed by atoms with Crippen molar-refractivity contribution in [1.29, 1.82) is 0 Å². The molecule has 0 saturated carbocycles. The summed E-state index contributed by atoms with van der Waals surface area (Å²) in [4.78, 5) is 5.59. The number of sulfonamides is 1. The molecule has 0 aliphatic heterocycles. The number of hydrogen-bond acceptors (Lipinski definition) is 5. The topological polar surface area (TPSA) is 68.3 Å². The lowest BCUT2D eigenvalue weighted by molar-refractivity contribution is 0.481. The van der Waals surface area contributed by atoms with Crippen molar-refractivity contribution in [2.75, 3.05) is 0 Å². The Balaban J connectivity index is 1.43. The zero-order valence-electron chi connectivity index (χ0n) is 16.3. The summed E-state index contributed by atoms with van der Waals surface area (Å²) >= 11 is 1.59. The van der Waals surface area contributed by atoms with Crippen molar-refractivity contribution in [1.82, 2.24) is 9.71 Å². The summed E-state index contributed by atoms with van der Waals surface area (Å²) in [6, 6.07) is 21.7. The van der Waals surface area contributed by atoms with Crippen LogP contribution in [0, 0.1) is 6.92 Å². The molecule has 0 saturated heterocycles. The van der Waals surface area contributed by atoms with Crippen LogP contribution in [-0.4, -0.2) is 13.4 Å². The highest BCUT2D eigenvalue weighted by Crippen LogP contribution is 2.25. The Morgan fingerprint density at radius 3 is 2.53 bits per heavy atom. The van der Waals surface area contributed by atoms with E-state index >= 15 is 0 Å². The van der Waals surface area contributed by atoms with E-state index in [1.165, 1.54) is 12.1 Å². The second kappa shape index (κ2) is 8.79. The van der Waals surface area contributed by atoms with Gasteiger partial charge in [-0.15, -0.1) is 11.3 Å². The Labute approximate surface area is 180 Å². The number of rotatable bonds is 7. The summed E-state index contributed by atoms with van der Waals surface area (Å²) in [7, 11) is -3.64. The summed E-state index contributed by atoms with van der Waals surface area (Å²) in [5.74, 6) is 1.29. The highest BCUT2D eigenvalue weighted by Gasteiger charge is 2.14. The summed E-state index contributed by atoms with van der Waals surface area (Å²) in [5, 5.41) is 1.98. The molecule has 2 aromatic heterocycles. The van der Waals surface area contributed by atoms with Crippen molar-refractivity contribution in [3.8, 4) is 22.1 Å². The van der Waals surface area contributed by atoms with Crippen molar-refractivity contribution < 1.29 is 13.2 Å². The van der Waals surface area contributed by atoms with Crippen LogP contribution in [-0.2, 0) is 16.6 Å². The molecule has 0 unspecified atom stereocenters. The minimum atomic E-state index is -3.64. The second-order valence-electron chi connectivity index (χ2n) is 6.74. The van der Waals surface area contributed by atoms with Crippen LogP contribution in [0.4, 0.5) is 0 Å². The lowest BCUT2D eigenvalue weighted by Gasteiger charge is -2.10. The molecule has 0 radical (unpaired) electrons. The Hall–Kier alpha value is -3.00. The van der Waals surface area contributed by atoms with Gasteiger partial charge in [-0.2, -0.15) is 0 Å². The molecule has 2 aromatic carbocycles. The Morgan fingerprint density at radius 1 is 0.967 bits per heavy atom. The quantitative estimate of drug-likeness (QED) is 0.422. The number of benzene rings is 2. The van der Waals surface area contributed by atoms with Gasteiger partial charge in [0.25, 0.3) is 0 Å². The van der Waals surface area contributed by atoms with Crippen molar-refractivity contribution >= 4 is 21.4 Å². The van der Waals surface area contributed by atoms with Crippen LogP contribution >= 0.6 is 11.3 Å². The fourth-order valence-corrected chi connectivity index (χ4v) is 4.62. The highest BCUT2D eigenvalue weighted by molar-refractivity contribution is 7.89. The number of aromatic nitrogens is 1. The van der Waals surface area contributed by atoms with E-state index in [2.05, 4.69) is 9.71 Å². The van der Waals surface area contributed by atoms with Gasteiger partial charge < -0.3 is 4.74 Å². The minimum absolute atomic E-state index is 0.185. The predicted octanol–water partition coefficient (Wildman–Crippen LogP) is 5.39. The first-order chi connectivity index (χ1) is 14.5. The zero-order valence-corrected chi connectivity index (χ0v) is 17.9. The van der Waals surface area contributed by atoms with Gasteiger partial charge in [0, 0.05) is 12.7 Å². The molecule has 0 bridgehead atoms. The van der Waals surface area contributed by atoms with E-state index in [9.17, 15) is 8.42 Å². The molecule has 0 amide bonds. The summed E-state index contributed by atoms with van der Waals surface area (Å²) in [6.45, 7) is 2.17. The Morgan fingerprint density at radius 2 is 1.80 bits per heavy atom. The first-order valence-corrected chi connectivity index (χ1v) is 11.7. The van der Waals surface area contributed by atoms with E-state index in [1.54, 1.807) is 35.7 Å². The van der Waals surface area contributed by atoms with Crippen LogP contribution in [0.5, 0.6) is 11.5 Å².